The van der Waals surface area contributed by atoms with Crippen LogP contribution in [0.2, 0.25) is 5.02 Å². The van der Waals surface area contributed by atoms with Crippen molar-refractivity contribution in [3.05, 3.63) is 53.8 Å². The summed E-state index contributed by atoms with van der Waals surface area (Å²) in [4.78, 5) is 0.195. The van der Waals surface area contributed by atoms with Gasteiger partial charge in [-0.3, -0.25) is 0 Å². The SMILES string of the molecule is O=S(=O)(NCCCn1cccc1)c1cccc(Cl)c1. The molecule has 1 heterocycles. The smallest absolute Gasteiger partial charge is 0.240 e. The van der Waals surface area contributed by atoms with Crippen LogP contribution in [-0.2, 0) is 16.6 Å². The highest BCUT2D eigenvalue weighted by atomic mass is 35.5. The Balaban J connectivity index is 1.88. The summed E-state index contributed by atoms with van der Waals surface area (Å²) >= 11 is 5.78. The summed E-state index contributed by atoms with van der Waals surface area (Å²) in [6.07, 6.45) is 4.63. The van der Waals surface area contributed by atoms with Crippen LogP contribution in [0.1, 0.15) is 6.42 Å². The van der Waals surface area contributed by atoms with E-state index in [9.17, 15) is 8.42 Å². The highest BCUT2D eigenvalue weighted by Crippen LogP contribution is 2.15. The van der Waals surface area contributed by atoms with Crippen molar-refractivity contribution >= 4 is 21.6 Å². The maximum absolute atomic E-state index is 12.0. The van der Waals surface area contributed by atoms with Crippen LogP contribution in [0.5, 0.6) is 0 Å². The summed E-state index contributed by atoms with van der Waals surface area (Å²) in [6.45, 7) is 1.18. The Kier molecular flexibility index (Phi) is 4.63. The van der Waals surface area contributed by atoms with Crippen LogP contribution in [0, 0.1) is 0 Å². The molecule has 0 radical (unpaired) electrons. The molecule has 0 aliphatic heterocycles. The summed E-state index contributed by atoms with van der Waals surface area (Å²) in [6, 6.07) is 10.1. The fraction of sp³-hybridized carbons (Fsp3) is 0.231. The number of nitrogens with one attached hydrogen (secondary N) is 1. The van der Waals surface area contributed by atoms with E-state index in [4.69, 9.17) is 11.6 Å². The molecule has 1 aromatic heterocycles. The number of sulfonamides is 1. The first-order chi connectivity index (χ1) is 9.08. The van der Waals surface area contributed by atoms with Gasteiger partial charge in [0.1, 0.15) is 0 Å². The molecule has 0 unspecified atom stereocenters. The van der Waals surface area contributed by atoms with Crippen molar-refractivity contribution in [3.63, 3.8) is 0 Å². The van der Waals surface area contributed by atoms with E-state index in [-0.39, 0.29) is 4.90 Å². The number of aryl methyl sites for hydroxylation is 1. The van der Waals surface area contributed by atoms with Crippen molar-refractivity contribution in [2.24, 2.45) is 0 Å². The highest BCUT2D eigenvalue weighted by molar-refractivity contribution is 7.89. The molecular weight excluding hydrogens is 284 g/mol. The van der Waals surface area contributed by atoms with E-state index in [1.165, 1.54) is 12.1 Å². The largest absolute Gasteiger partial charge is 0.354 e. The minimum atomic E-state index is -3.47. The molecule has 0 saturated carbocycles. The Labute approximate surface area is 118 Å². The van der Waals surface area contributed by atoms with Crippen LogP contribution < -0.4 is 4.72 Å². The lowest BCUT2D eigenvalue weighted by Gasteiger charge is -2.07. The number of hydrogen-bond donors (Lipinski definition) is 1. The minimum Gasteiger partial charge on any atom is -0.354 e. The number of hydrogen-bond acceptors (Lipinski definition) is 2. The van der Waals surface area contributed by atoms with Crippen molar-refractivity contribution in [3.8, 4) is 0 Å². The predicted octanol–water partition coefficient (Wildman–Crippen LogP) is 2.51. The number of nitrogens with zero attached hydrogens (tertiary/aromatic N) is 1. The average molecular weight is 299 g/mol. The zero-order valence-electron chi connectivity index (χ0n) is 10.3. The van der Waals surface area contributed by atoms with Crippen molar-refractivity contribution in [1.82, 2.24) is 9.29 Å². The third kappa shape index (κ3) is 4.09. The van der Waals surface area contributed by atoms with Gasteiger partial charge in [0.05, 0.1) is 4.90 Å². The van der Waals surface area contributed by atoms with Gasteiger partial charge in [0.15, 0.2) is 0 Å². The second-order valence-electron chi connectivity index (χ2n) is 4.13. The molecule has 0 aliphatic rings. The zero-order chi connectivity index (χ0) is 13.7. The van der Waals surface area contributed by atoms with Crippen molar-refractivity contribution in [1.29, 1.82) is 0 Å². The van der Waals surface area contributed by atoms with E-state index < -0.39 is 10.0 Å². The van der Waals surface area contributed by atoms with Gasteiger partial charge in [0.25, 0.3) is 0 Å². The molecule has 0 fully saturated rings. The maximum Gasteiger partial charge on any atom is 0.240 e. The van der Waals surface area contributed by atoms with Gasteiger partial charge < -0.3 is 4.57 Å². The molecule has 1 aromatic carbocycles. The third-order valence-corrected chi connectivity index (χ3v) is 4.35. The van der Waals surface area contributed by atoms with Crippen molar-refractivity contribution in [2.45, 2.75) is 17.9 Å². The van der Waals surface area contributed by atoms with Gasteiger partial charge in [-0.1, -0.05) is 17.7 Å². The fourth-order valence-electron chi connectivity index (χ4n) is 1.70. The van der Waals surface area contributed by atoms with E-state index in [1.54, 1.807) is 12.1 Å². The molecule has 2 aromatic rings. The van der Waals surface area contributed by atoms with Gasteiger partial charge in [-0.15, -0.1) is 0 Å². The highest BCUT2D eigenvalue weighted by Gasteiger charge is 2.13. The monoisotopic (exact) mass is 298 g/mol. The molecular formula is C13H15ClN2O2S. The van der Waals surface area contributed by atoms with Gasteiger partial charge >= 0.3 is 0 Å². The average Bonchev–Trinajstić information content (AvgIpc) is 2.88. The van der Waals surface area contributed by atoms with E-state index in [2.05, 4.69) is 4.72 Å². The lowest BCUT2D eigenvalue weighted by molar-refractivity contribution is 0.570. The summed E-state index contributed by atoms with van der Waals surface area (Å²) in [5.41, 5.74) is 0. The molecule has 102 valence electrons. The van der Waals surface area contributed by atoms with E-state index in [1.807, 2.05) is 29.1 Å². The molecule has 0 saturated heterocycles. The summed E-state index contributed by atoms with van der Waals surface area (Å²) in [5.74, 6) is 0. The van der Waals surface area contributed by atoms with Crippen LogP contribution in [0.4, 0.5) is 0 Å². The molecule has 4 nitrogen and oxygen atoms in total. The van der Waals surface area contributed by atoms with Gasteiger partial charge in [0.2, 0.25) is 10.0 Å². The van der Waals surface area contributed by atoms with Crippen LogP contribution in [-0.4, -0.2) is 19.5 Å². The summed E-state index contributed by atoms with van der Waals surface area (Å²) in [7, 11) is -3.47. The Hall–Kier alpha value is -1.30. The van der Waals surface area contributed by atoms with Gasteiger partial charge in [-0.25, -0.2) is 13.1 Å². The van der Waals surface area contributed by atoms with Gasteiger partial charge in [0, 0.05) is 30.5 Å². The predicted molar refractivity (Wildman–Crippen MR) is 75.7 cm³/mol. The van der Waals surface area contributed by atoms with Crippen LogP contribution in [0.25, 0.3) is 0 Å². The Bertz CT molecular complexity index is 624. The van der Waals surface area contributed by atoms with Crippen molar-refractivity contribution in [2.75, 3.05) is 6.54 Å². The maximum atomic E-state index is 12.0. The molecule has 0 spiro atoms. The second-order valence-corrected chi connectivity index (χ2v) is 6.33. The molecule has 0 amide bonds. The Morgan fingerprint density at radius 1 is 1.16 bits per heavy atom. The number of halogens is 1. The first-order valence-corrected chi connectivity index (χ1v) is 7.80. The van der Waals surface area contributed by atoms with Crippen LogP contribution in [0.3, 0.4) is 0 Å². The number of aromatic nitrogens is 1. The molecule has 0 aliphatic carbocycles. The van der Waals surface area contributed by atoms with E-state index in [0.29, 0.717) is 11.6 Å². The number of rotatable bonds is 6. The Morgan fingerprint density at radius 3 is 2.58 bits per heavy atom. The molecule has 0 atom stereocenters. The molecule has 0 bridgehead atoms. The number of benzene rings is 1. The molecule has 6 heteroatoms. The first kappa shape index (κ1) is 14.1. The minimum absolute atomic E-state index is 0.195. The standard InChI is InChI=1S/C13H15ClN2O2S/c14-12-5-3-6-13(11-12)19(17,18)15-7-4-10-16-8-1-2-9-16/h1-3,5-6,8-9,11,15H,4,7,10H2. The quantitative estimate of drug-likeness (QED) is 0.833. The summed E-state index contributed by atoms with van der Waals surface area (Å²) in [5, 5.41) is 0.412. The van der Waals surface area contributed by atoms with E-state index >= 15 is 0 Å². The Morgan fingerprint density at radius 2 is 1.89 bits per heavy atom. The third-order valence-electron chi connectivity index (χ3n) is 2.66. The molecule has 2 rings (SSSR count). The lowest BCUT2D eigenvalue weighted by Crippen LogP contribution is -2.25. The molecule has 19 heavy (non-hydrogen) atoms. The fourth-order valence-corrected chi connectivity index (χ4v) is 3.08. The normalized spacial score (nSPS) is 11.6. The van der Waals surface area contributed by atoms with Gasteiger partial charge in [-0.05, 0) is 36.8 Å². The summed E-state index contributed by atoms with van der Waals surface area (Å²) < 4.78 is 28.5. The van der Waals surface area contributed by atoms with Crippen LogP contribution in [0.15, 0.2) is 53.7 Å². The van der Waals surface area contributed by atoms with Crippen LogP contribution >= 0.6 is 11.6 Å². The first-order valence-electron chi connectivity index (χ1n) is 5.94. The van der Waals surface area contributed by atoms with Gasteiger partial charge in [-0.2, -0.15) is 0 Å². The lowest BCUT2D eigenvalue weighted by atomic mass is 10.4. The second kappa shape index (κ2) is 6.23. The topological polar surface area (TPSA) is 51.1 Å². The molecule has 1 N–H and O–H groups in total. The van der Waals surface area contributed by atoms with Crippen molar-refractivity contribution < 1.29 is 8.42 Å². The zero-order valence-corrected chi connectivity index (χ0v) is 11.9. The van der Waals surface area contributed by atoms with E-state index in [0.717, 1.165) is 13.0 Å².